The van der Waals surface area contributed by atoms with Crippen LogP contribution >= 0.6 is 11.3 Å². The van der Waals surface area contributed by atoms with E-state index in [2.05, 4.69) is 15.8 Å². The van der Waals surface area contributed by atoms with Crippen molar-refractivity contribution in [1.29, 1.82) is 0 Å². The number of nitrogens with zero attached hydrogens (tertiary/aromatic N) is 2. The summed E-state index contributed by atoms with van der Waals surface area (Å²) in [7, 11) is 0. The lowest BCUT2D eigenvalue weighted by Crippen LogP contribution is -2.32. The summed E-state index contributed by atoms with van der Waals surface area (Å²) in [4.78, 5) is 35.6. The van der Waals surface area contributed by atoms with Gasteiger partial charge in [0.2, 0.25) is 0 Å². The van der Waals surface area contributed by atoms with Crippen LogP contribution in [-0.2, 0) is 4.79 Å². The second kappa shape index (κ2) is 9.24. The fourth-order valence-electron chi connectivity index (χ4n) is 2.18. The van der Waals surface area contributed by atoms with Crippen LogP contribution in [0.4, 0.5) is 5.88 Å². The third-order valence-electron chi connectivity index (χ3n) is 3.51. The molecule has 3 aromatic rings. The first-order valence-corrected chi connectivity index (χ1v) is 9.10. The minimum Gasteiger partial charge on any atom is -0.400 e. The number of nitrogens with one attached hydrogen (secondary N) is 2. The number of benzene rings is 1. The van der Waals surface area contributed by atoms with Gasteiger partial charge < -0.3 is 9.73 Å². The first-order chi connectivity index (χ1) is 14.0. The van der Waals surface area contributed by atoms with E-state index in [9.17, 15) is 19.7 Å². The van der Waals surface area contributed by atoms with E-state index < -0.39 is 22.6 Å². The standard InChI is InChI=1S/C19H14N4O5S/c24-18(13-5-2-1-3-6-13)21-16(11-15-7-4-10-29-15)19(25)22-20-12-14-8-9-17(28-14)23(26)27/h1-12H,(H,21,24)(H,22,25)/b16-11+,20-12+. The van der Waals surface area contributed by atoms with E-state index in [-0.39, 0.29) is 11.5 Å². The largest absolute Gasteiger partial charge is 0.433 e. The topological polar surface area (TPSA) is 127 Å². The smallest absolute Gasteiger partial charge is 0.400 e. The summed E-state index contributed by atoms with van der Waals surface area (Å²) in [6, 6.07) is 14.6. The zero-order valence-corrected chi connectivity index (χ0v) is 15.6. The molecular formula is C19H14N4O5S. The van der Waals surface area contributed by atoms with Crippen LogP contribution in [0.2, 0.25) is 0 Å². The van der Waals surface area contributed by atoms with Gasteiger partial charge in [0, 0.05) is 10.4 Å². The average molecular weight is 410 g/mol. The Balaban J connectivity index is 1.73. The van der Waals surface area contributed by atoms with E-state index in [1.54, 1.807) is 36.4 Å². The number of amides is 2. The maximum Gasteiger partial charge on any atom is 0.433 e. The summed E-state index contributed by atoms with van der Waals surface area (Å²) < 4.78 is 4.91. The number of furan rings is 1. The summed E-state index contributed by atoms with van der Waals surface area (Å²) in [6.07, 6.45) is 2.64. The van der Waals surface area contributed by atoms with Crippen LogP contribution in [0.1, 0.15) is 21.0 Å². The lowest BCUT2D eigenvalue weighted by molar-refractivity contribution is -0.402. The molecule has 2 N–H and O–H groups in total. The number of nitro groups is 1. The Morgan fingerprint density at radius 1 is 1.10 bits per heavy atom. The van der Waals surface area contributed by atoms with E-state index in [1.165, 1.54) is 29.5 Å². The molecule has 2 heterocycles. The van der Waals surface area contributed by atoms with Crippen molar-refractivity contribution >= 4 is 41.3 Å². The highest BCUT2D eigenvalue weighted by atomic mass is 32.1. The molecule has 2 amide bonds. The van der Waals surface area contributed by atoms with E-state index >= 15 is 0 Å². The molecule has 10 heteroatoms. The Bertz CT molecular complexity index is 1070. The summed E-state index contributed by atoms with van der Waals surface area (Å²) in [6.45, 7) is 0. The van der Waals surface area contributed by atoms with Crippen LogP contribution in [0.5, 0.6) is 0 Å². The normalized spacial score (nSPS) is 11.4. The molecule has 3 rings (SSSR count). The van der Waals surface area contributed by atoms with Crippen molar-refractivity contribution in [3.8, 4) is 0 Å². The molecule has 29 heavy (non-hydrogen) atoms. The van der Waals surface area contributed by atoms with E-state index in [0.29, 0.717) is 5.56 Å². The molecule has 0 aliphatic carbocycles. The molecular weight excluding hydrogens is 396 g/mol. The maximum atomic E-state index is 12.5. The van der Waals surface area contributed by atoms with Gasteiger partial charge >= 0.3 is 5.88 Å². The van der Waals surface area contributed by atoms with Crippen molar-refractivity contribution in [3.05, 3.63) is 92.0 Å². The zero-order chi connectivity index (χ0) is 20.6. The molecule has 9 nitrogen and oxygen atoms in total. The third-order valence-corrected chi connectivity index (χ3v) is 4.33. The molecule has 2 aromatic heterocycles. The zero-order valence-electron chi connectivity index (χ0n) is 14.8. The molecule has 0 spiro atoms. The minimum atomic E-state index is -0.684. The van der Waals surface area contributed by atoms with E-state index in [0.717, 1.165) is 11.1 Å². The Morgan fingerprint density at radius 2 is 1.90 bits per heavy atom. The van der Waals surface area contributed by atoms with Gasteiger partial charge in [-0.25, -0.2) is 5.43 Å². The van der Waals surface area contributed by atoms with Gasteiger partial charge in [0.05, 0.1) is 12.3 Å². The van der Waals surface area contributed by atoms with Crippen LogP contribution in [0.25, 0.3) is 6.08 Å². The van der Waals surface area contributed by atoms with Gasteiger partial charge in [0.1, 0.15) is 10.6 Å². The molecule has 0 saturated carbocycles. The number of hydrogen-bond acceptors (Lipinski definition) is 7. The van der Waals surface area contributed by atoms with Gasteiger partial charge in [0.15, 0.2) is 5.76 Å². The average Bonchev–Trinajstić information content (AvgIpc) is 3.40. The van der Waals surface area contributed by atoms with Crippen molar-refractivity contribution < 1.29 is 18.9 Å². The fourth-order valence-corrected chi connectivity index (χ4v) is 2.84. The number of carbonyl (C=O) groups excluding carboxylic acids is 2. The number of thiophene rings is 1. The van der Waals surface area contributed by atoms with Crippen LogP contribution in [0, 0.1) is 10.1 Å². The van der Waals surface area contributed by atoms with Crippen molar-refractivity contribution in [1.82, 2.24) is 10.7 Å². The van der Waals surface area contributed by atoms with Crippen LogP contribution in [0.15, 0.2) is 75.2 Å². The molecule has 0 atom stereocenters. The molecule has 0 radical (unpaired) electrons. The SMILES string of the molecule is O=C(N/N=C/c1ccc([N+](=O)[O-])o1)/C(=C\c1cccs1)NC(=O)c1ccccc1. The quantitative estimate of drug-likeness (QED) is 0.268. The maximum absolute atomic E-state index is 12.5. The Hall–Kier alpha value is -4.05. The highest BCUT2D eigenvalue weighted by Gasteiger charge is 2.15. The van der Waals surface area contributed by atoms with E-state index in [4.69, 9.17) is 4.42 Å². The molecule has 0 bridgehead atoms. The number of rotatable bonds is 7. The molecule has 0 aliphatic heterocycles. The molecule has 0 aliphatic rings. The summed E-state index contributed by atoms with van der Waals surface area (Å²) >= 11 is 1.39. The van der Waals surface area contributed by atoms with Crippen molar-refractivity contribution in [3.63, 3.8) is 0 Å². The molecule has 0 saturated heterocycles. The van der Waals surface area contributed by atoms with Gasteiger partial charge in [-0.3, -0.25) is 19.7 Å². The predicted molar refractivity (Wildman–Crippen MR) is 107 cm³/mol. The summed E-state index contributed by atoms with van der Waals surface area (Å²) in [5, 5.41) is 18.7. The predicted octanol–water partition coefficient (Wildman–Crippen LogP) is 3.17. The number of hydrazone groups is 1. The first-order valence-electron chi connectivity index (χ1n) is 8.22. The lowest BCUT2D eigenvalue weighted by atomic mass is 10.2. The Labute approximate surface area is 168 Å². The van der Waals surface area contributed by atoms with Crippen LogP contribution in [0.3, 0.4) is 0 Å². The number of hydrogen-bond donors (Lipinski definition) is 2. The van der Waals surface area contributed by atoms with Crippen molar-refractivity contribution in [2.24, 2.45) is 5.10 Å². The first kappa shape index (κ1) is 19.7. The van der Waals surface area contributed by atoms with Crippen molar-refractivity contribution in [2.45, 2.75) is 0 Å². The highest BCUT2D eigenvalue weighted by Crippen LogP contribution is 2.14. The van der Waals surface area contributed by atoms with Gasteiger partial charge in [-0.15, -0.1) is 11.3 Å². The summed E-state index contributed by atoms with van der Waals surface area (Å²) in [5.41, 5.74) is 2.64. The Morgan fingerprint density at radius 3 is 2.55 bits per heavy atom. The van der Waals surface area contributed by atoms with E-state index in [1.807, 2.05) is 11.4 Å². The molecule has 146 valence electrons. The van der Waals surface area contributed by atoms with Crippen molar-refractivity contribution in [2.75, 3.05) is 0 Å². The van der Waals surface area contributed by atoms with Crippen LogP contribution < -0.4 is 10.7 Å². The lowest BCUT2D eigenvalue weighted by Gasteiger charge is -2.08. The summed E-state index contributed by atoms with van der Waals surface area (Å²) in [5.74, 6) is -1.46. The monoisotopic (exact) mass is 410 g/mol. The van der Waals surface area contributed by atoms with Gasteiger partial charge in [-0.2, -0.15) is 5.10 Å². The third kappa shape index (κ3) is 5.47. The molecule has 0 fully saturated rings. The fraction of sp³-hybridized carbons (Fsp3) is 0. The number of carbonyl (C=O) groups is 2. The van der Waals surface area contributed by atoms with Crippen LogP contribution in [-0.4, -0.2) is 23.0 Å². The minimum absolute atomic E-state index is 0.0103. The molecule has 0 unspecified atom stereocenters. The van der Waals surface area contributed by atoms with Gasteiger partial charge in [0.25, 0.3) is 11.8 Å². The highest BCUT2D eigenvalue weighted by molar-refractivity contribution is 7.10. The van der Waals surface area contributed by atoms with Gasteiger partial charge in [-0.05, 0) is 35.7 Å². The second-order valence-electron chi connectivity index (χ2n) is 5.53. The molecule has 1 aromatic carbocycles. The Kier molecular flexibility index (Phi) is 6.28. The van der Waals surface area contributed by atoms with Gasteiger partial charge in [-0.1, -0.05) is 24.3 Å². The second-order valence-corrected chi connectivity index (χ2v) is 6.51.